The smallest absolute Gasteiger partial charge is 0.207 e. The SMILES string of the molecule is O=CN[CH]C(=O)Cc1cccs1. The van der Waals surface area contributed by atoms with Crippen molar-refractivity contribution >= 4 is 23.5 Å². The highest BCUT2D eigenvalue weighted by Crippen LogP contribution is 2.09. The van der Waals surface area contributed by atoms with Crippen LogP contribution < -0.4 is 5.32 Å². The Balaban J connectivity index is 2.32. The van der Waals surface area contributed by atoms with Crippen molar-refractivity contribution in [3.8, 4) is 0 Å². The second-order valence-electron chi connectivity index (χ2n) is 2.15. The molecule has 0 atom stereocenters. The molecule has 0 aromatic carbocycles. The third kappa shape index (κ3) is 2.84. The summed E-state index contributed by atoms with van der Waals surface area (Å²) >= 11 is 1.53. The molecule has 1 radical (unpaired) electrons. The van der Waals surface area contributed by atoms with E-state index in [4.69, 9.17) is 0 Å². The van der Waals surface area contributed by atoms with E-state index >= 15 is 0 Å². The third-order valence-corrected chi connectivity index (χ3v) is 2.12. The van der Waals surface area contributed by atoms with Gasteiger partial charge in [-0.1, -0.05) is 6.07 Å². The number of Topliss-reactive ketones (excluding diaryl/α,β-unsaturated/α-hetero) is 1. The van der Waals surface area contributed by atoms with Crippen molar-refractivity contribution in [2.75, 3.05) is 0 Å². The molecular formula is C8H8NO2S. The molecule has 0 saturated heterocycles. The predicted molar refractivity (Wildman–Crippen MR) is 46.5 cm³/mol. The number of amides is 1. The lowest BCUT2D eigenvalue weighted by molar-refractivity contribution is -0.117. The van der Waals surface area contributed by atoms with Crippen LogP contribution in [0, 0.1) is 6.54 Å². The summed E-state index contributed by atoms with van der Waals surface area (Å²) in [5, 5.41) is 4.12. The topological polar surface area (TPSA) is 46.2 Å². The molecule has 0 fully saturated rings. The Morgan fingerprint density at radius 2 is 2.50 bits per heavy atom. The van der Waals surface area contributed by atoms with E-state index in [1.54, 1.807) is 0 Å². The zero-order valence-corrected chi connectivity index (χ0v) is 7.14. The molecule has 0 saturated carbocycles. The number of rotatable bonds is 5. The lowest BCUT2D eigenvalue weighted by Crippen LogP contribution is -2.15. The minimum Gasteiger partial charge on any atom is -0.346 e. The molecular weight excluding hydrogens is 174 g/mol. The van der Waals surface area contributed by atoms with Crippen LogP contribution >= 0.6 is 11.3 Å². The van der Waals surface area contributed by atoms with E-state index in [2.05, 4.69) is 5.32 Å². The Labute approximate surface area is 74.4 Å². The number of hydrogen-bond acceptors (Lipinski definition) is 3. The monoisotopic (exact) mass is 182 g/mol. The van der Waals surface area contributed by atoms with Crippen molar-refractivity contribution in [3.63, 3.8) is 0 Å². The standard InChI is InChI=1S/C8H8NO2S/c10-6-9-5-7(11)4-8-2-1-3-12-8/h1-3,5-6H,4H2,(H,9,10). The highest BCUT2D eigenvalue weighted by molar-refractivity contribution is 7.10. The van der Waals surface area contributed by atoms with Gasteiger partial charge in [0.1, 0.15) is 6.54 Å². The highest BCUT2D eigenvalue weighted by Gasteiger charge is 2.03. The van der Waals surface area contributed by atoms with E-state index in [1.165, 1.54) is 17.9 Å². The number of hydrogen-bond donors (Lipinski definition) is 1. The molecule has 1 N–H and O–H groups in total. The zero-order chi connectivity index (χ0) is 8.81. The van der Waals surface area contributed by atoms with Gasteiger partial charge in [0, 0.05) is 11.3 Å². The summed E-state index contributed by atoms with van der Waals surface area (Å²) in [4.78, 5) is 21.8. The van der Waals surface area contributed by atoms with Crippen LogP contribution in [0.2, 0.25) is 0 Å². The van der Waals surface area contributed by atoms with Crippen molar-refractivity contribution in [1.29, 1.82) is 0 Å². The molecule has 12 heavy (non-hydrogen) atoms. The fourth-order valence-electron chi connectivity index (χ4n) is 0.763. The fraction of sp³-hybridized carbons (Fsp3) is 0.125. The highest BCUT2D eigenvalue weighted by atomic mass is 32.1. The molecule has 0 aliphatic carbocycles. The Bertz CT molecular complexity index is 256. The molecule has 3 nitrogen and oxygen atoms in total. The molecule has 4 heteroatoms. The maximum atomic E-state index is 11.0. The van der Waals surface area contributed by atoms with Crippen LogP contribution in [0.25, 0.3) is 0 Å². The molecule has 0 bridgehead atoms. The maximum Gasteiger partial charge on any atom is 0.207 e. The van der Waals surface area contributed by atoms with Gasteiger partial charge in [0.15, 0.2) is 5.78 Å². The van der Waals surface area contributed by atoms with Crippen LogP contribution in [-0.4, -0.2) is 12.2 Å². The molecule has 1 aromatic rings. The summed E-state index contributed by atoms with van der Waals surface area (Å²) < 4.78 is 0. The van der Waals surface area contributed by atoms with Crippen LogP contribution in [0.1, 0.15) is 4.88 Å². The van der Waals surface area contributed by atoms with E-state index in [1.807, 2.05) is 17.5 Å². The molecule has 0 aliphatic heterocycles. The van der Waals surface area contributed by atoms with Gasteiger partial charge in [0.05, 0.1) is 0 Å². The van der Waals surface area contributed by atoms with Crippen LogP contribution in [0.3, 0.4) is 0 Å². The molecule has 1 heterocycles. The Morgan fingerprint density at radius 1 is 1.67 bits per heavy atom. The molecule has 63 valence electrons. The Morgan fingerprint density at radius 3 is 3.08 bits per heavy atom. The van der Waals surface area contributed by atoms with Crippen molar-refractivity contribution in [2.45, 2.75) is 6.42 Å². The molecule has 0 unspecified atom stereocenters. The molecule has 0 spiro atoms. The van der Waals surface area contributed by atoms with Crippen LogP contribution in [0.4, 0.5) is 0 Å². The fourth-order valence-corrected chi connectivity index (χ4v) is 1.48. The summed E-state index contributed by atoms with van der Waals surface area (Å²) in [5.41, 5.74) is 0. The van der Waals surface area contributed by atoms with Crippen LogP contribution in [0.15, 0.2) is 17.5 Å². The van der Waals surface area contributed by atoms with Gasteiger partial charge in [-0.15, -0.1) is 11.3 Å². The molecule has 1 amide bonds. The average Bonchev–Trinajstić information content (AvgIpc) is 2.53. The minimum atomic E-state index is -0.0930. The van der Waals surface area contributed by atoms with E-state index < -0.39 is 0 Å². The third-order valence-electron chi connectivity index (χ3n) is 1.24. The van der Waals surface area contributed by atoms with E-state index in [9.17, 15) is 9.59 Å². The Kier molecular flexibility index (Phi) is 3.47. The van der Waals surface area contributed by atoms with Gasteiger partial charge < -0.3 is 5.32 Å². The Hall–Kier alpha value is -1.16. The summed E-state index contributed by atoms with van der Waals surface area (Å²) in [7, 11) is 0. The van der Waals surface area contributed by atoms with Crippen LogP contribution in [-0.2, 0) is 16.0 Å². The normalized spacial score (nSPS) is 9.33. The number of nitrogens with one attached hydrogen (secondary N) is 1. The van der Waals surface area contributed by atoms with Crippen LogP contribution in [0.5, 0.6) is 0 Å². The molecule has 1 aromatic heterocycles. The van der Waals surface area contributed by atoms with Crippen molar-refractivity contribution in [2.24, 2.45) is 0 Å². The van der Waals surface area contributed by atoms with Gasteiger partial charge in [0.2, 0.25) is 6.41 Å². The van der Waals surface area contributed by atoms with E-state index in [0.29, 0.717) is 12.8 Å². The lowest BCUT2D eigenvalue weighted by atomic mass is 10.2. The predicted octanol–water partition coefficient (Wildman–Crippen LogP) is 0.767. The van der Waals surface area contributed by atoms with Gasteiger partial charge in [0.25, 0.3) is 0 Å². The number of carbonyl (C=O) groups is 2. The van der Waals surface area contributed by atoms with Gasteiger partial charge >= 0.3 is 0 Å². The quantitative estimate of drug-likeness (QED) is 0.683. The number of carbonyl (C=O) groups excluding carboxylic acids is 2. The first-order valence-corrected chi connectivity index (χ1v) is 4.29. The second-order valence-corrected chi connectivity index (χ2v) is 3.18. The maximum absolute atomic E-state index is 11.0. The molecule has 0 aliphatic rings. The minimum absolute atomic E-state index is 0.0930. The van der Waals surface area contributed by atoms with Gasteiger partial charge in [-0.25, -0.2) is 0 Å². The first kappa shape index (κ1) is 8.93. The summed E-state index contributed by atoms with van der Waals surface area (Å²) in [5.74, 6) is -0.0930. The second kappa shape index (κ2) is 4.66. The van der Waals surface area contributed by atoms with Crippen molar-refractivity contribution in [3.05, 3.63) is 28.9 Å². The summed E-state index contributed by atoms with van der Waals surface area (Å²) in [6.07, 6.45) is 0.838. The van der Waals surface area contributed by atoms with Gasteiger partial charge in [-0.05, 0) is 11.4 Å². The summed E-state index contributed by atoms with van der Waals surface area (Å²) in [6, 6.07) is 3.78. The van der Waals surface area contributed by atoms with E-state index in [-0.39, 0.29) is 5.78 Å². The zero-order valence-electron chi connectivity index (χ0n) is 6.32. The largest absolute Gasteiger partial charge is 0.346 e. The van der Waals surface area contributed by atoms with Gasteiger partial charge in [-0.2, -0.15) is 0 Å². The van der Waals surface area contributed by atoms with E-state index in [0.717, 1.165) is 4.88 Å². The first-order chi connectivity index (χ1) is 5.83. The summed E-state index contributed by atoms with van der Waals surface area (Å²) in [6.45, 7) is 1.17. The first-order valence-electron chi connectivity index (χ1n) is 3.41. The van der Waals surface area contributed by atoms with Crippen molar-refractivity contribution < 1.29 is 9.59 Å². The van der Waals surface area contributed by atoms with Crippen molar-refractivity contribution in [1.82, 2.24) is 5.32 Å². The van der Waals surface area contributed by atoms with Gasteiger partial charge in [-0.3, -0.25) is 9.59 Å². The molecule has 1 rings (SSSR count). The lowest BCUT2D eigenvalue weighted by Gasteiger charge is -1.94. The number of ketones is 1. The average molecular weight is 182 g/mol. The number of thiophene rings is 1.